The Balaban J connectivity index is 1.50. The number of dihydropyridines is 1. The monoisotopic (exact) mass is 612 g/mol. The Morgan fingerprint density at radius 2 is 1.75 bits per heavy atom. The number of hydrogen-bond acceptors (Lipinski definition) is 13. The minimum absolute atomic E-state index is 0.00495. The van der Waals surface area contributed by atoms with Crippen LogP contribution in [0.2, 0.25) is 0 Å². The van der Waals surface area contributed by atoms with Crippen LogP contribution in [-0.4, -0.2) is 99.4 Å². The number of nitrogens with one attached hydrogen (secondary N) is 1. The molecule has 0 bridgehead atoms. The molecule has 1 saturated heterocycles. The van der Waals surface area contributed by atoms with Crippen LogP contribution in [0, 0.1) is 5.92 Å². The lowest BCUT2D eigenvalue weighted by Crippen LogP contribution is -2.60. The maximum Gasteiger partial charge on any atom is 0.229 e. The molecule has 3 aliphatic rings. The van der Waals surface area contributed by atoms with Gasteiger partial charge in [0.2, 0.25) is 12.1 Å². The van der Waals surface area contributed by atoms with Crippen molar-refractivity contribution in [2.24, 2.45) is 11.7 Å². The molecule has 1 aliphatic carbocycles. The molecule has 44 heavy (non-hydrogen) atoms. The second-order valence-electron chi connectivity index (χ2n) is 11.0. The van der Waals surface area contributed by atoms with E-state index in [4.69, 9.17) is 19.9 Å². The molecule has 0 radical (unpaired) electrons. The lowest BCUT2D eigenvalue weighted by molar-refractivity contribution is -0.277. The number of methoxy groups -OCH3 is 1. The van der Waals surface area contributed by atoms with Gasteiger partial charge in [0.15, 0.2) is 5.78 Å². The Kier molecular flexibility index (Phi) is 9.37. The first-order valence-electron chi connectivity index (χ1n) is 14.2. The molecule has 2 aromatic carbocycles. The number of ketones is 2. The van der Waals surface area contributed by atoms with Gasteiger partial charge in [0.25, 0.3) is 0 Å². The van der Waals surface area contributed by atoms with Crippen molar-refractivity contribution in [3.63, 3.8) is 0 Å². The highest BCUT2D eigenvalue weighted by Gasteiger charge is 2.46. The van der Waals surface area contributed by atoms with Crippen LogP contribution in [0.3, 0.4) is 0 Å². The summed E-state index contributed by atoms with van der Waals surface area (Å²) in [6.07, 6.45) is -1.31. The number of benzene rings is 2. The second kappa shape index (κ2) is 13.0. The summed E-state index contributed by atoms with van der Waals surface area (Å²) in [5, 5.41) is 63.9. The van der Waals surface area contributed by atoms with Crippen LogP contribution in [-0.2, 0) is 11.2 Å². The molecule has 1 unspecified atom stereocenters. The molecule has 7 atom stereocenters. The van der Waals surface area contributed by atoms with Crippen molar-refractivity contribution >= 4 is 11.6 Å². The van der Waals surface area contributed by atoms with Gasteiger partial charge in [-0.3, -0.25) is 9.59 Å². The Bertz CT molecular complexity index is 1490. The maximum absolute atomic E-state index is 13.9. The van der Waals surface area contributed by atoms with E-state index in [2.05, 4.69) is 5.32 Å². The molecule has 0 aromatic heterocycles. The van der Waals surface area contributed by atoms with Gasteiger partial charge in [0.05, 0.1) is 31.0 Å². The number of aliphatic hydroxyl groups excluding tert-OH is 5. The van der Waals surface area contributed by atoms with E-state index in [9.17, 15) is 40.2 Å². The Morgan fingerprint density at radius 3 is 2.41 bits per heavy atom. The van der Waals surface area contributed by atoms with Crippen LogP contribution in [0.1, 0.15) is 50.2 Å². The van der Waals surface area contributed by atoms with Gasteiger partial charge in [-0.1, -0.05) is 6.08 Å². The third-order valence-corrected chi connectivity index (χ3v) is 8.13. The fourth-order valence-electron chi connectivity index (χ4n) is 5.77. The first kappa shape index (κ1) is 31.6. The summed E-state index contributed by atoms with van der Waals surface area (Å²) in [5.41, 5.74) is 6.86. The van der Waals surface area contributed by atoms with Crippen molar-refractivity contribution < 1.29 is 54.4 Å². The van der Waals surface area contributed by atoms with Crippen molar-refractivity contribution in [3.8, 4) is 17.2 Å². The number of carbonyl (C=O) groups excluding carboxylic acids is 2. The highest BCUT2D eigenvalue weighted by molar-refractivity contribution is 6.30. The zero-order valence-corrected chi connectivity index (χ0v) is 23.9. The van der Waals surface area contributed by atoms with Crippen molar-refractivity contribution in [1.29, 1.82) is 0 Å². The molecule has 236 valence electrons. The minimum atomic E-state index is -1.77. The summed E-state index contributed by atoms with van der Waals surface area (Å²) in [5.74, 6) is -1.91. The number of aromatic hydroxyl groups is 1. The third kappa shape index (κ3) is 5.95. The Hall–Kier alpha value is -3.82. The third-order valence-electron chi connectivity index (χ3n) is 8.13. The zero-order valence-electron chi connectivity index (χ0n) is 23.9. The molecule has 1 fully saturated rings. The fourth-order valence-corrected chi connectivity index (χ4v) is 5.77. The van der Waals surface area contributed by atoms with Gasteiger partial charge < -0.3 is 55.9 Å². The summed E-state index contributed by atoms with van der Waals surface area (Å²) in [6.45, 7) is -0.699. The number of nitrogens with two attached hydrogens (primary N) is 1. The van der Waals surface area contributed by atoms with E-state index in [0.29, 0.717) is 24.8 Å². The first-order valence-corrected chi connectivity index (χ1v) is 14.2. The average molecular weight is 613 g/mol. The van der Waals surface area contributed by atoms with Crippen molar-refractivity contribution in [2.75, 3.05) is 20.3 Å². The molecule has 5 rings (SSSR count). The number of fused-ring (bicyclic) bond motifs is 2. The van der Waals surface area contributed by atoms with Crippen molar-refractivity contribution in [2.45, 2.75) is 56.1 Å². The van der Waals surface area contributed by atoms with Crippen LogP contribution >= 0.6 is 0 Å². The summed E-state index contributed by atoms with van der Waals surface area (Å²) < 4.78 is 16.5. The van der Waals surface area contributed by atoms with E-state index < -0.39 is 54.6 Å². The number of allylic oxidation sites excluding steroid dienone is 2. The van der Waals surface area contributed by atoms with Crippen LogP contribution in [0.15, 0.2) is 48.2 Å². The van der Waals surface area contributed by atoms with E-state index in [-0.39, 0.29) is 52.4 Å². The normalized spacial score (nSPS) is 26.8. The lowest BCUT2D eigenvalue weighted by atomic mass is 9.80. The molecule has 13 heteroatoms. The molecule has 0 spiro atoms. The maximum atomic E-state index is 13.9. The highest BCUT2D eigenvalue weighted by Crippen LogP contribution is 2.41. The fraction of sp³-hybridized carbons (Fsp3) is 0.419. The van der Waals surface area contributed by atoms with Crippen LogP contribution in [0.4, 0.5) is 0 Å². The summed E-state index contributed by atoms with van der Waals surface area (Å²) in [6, 6.07) is 5.64. The lowest BCUT2D eigenvalue weighted by Gasteiger charge is -2.39. The molecule has 0 saturated carbocycles. The number of hydrogen-bond donors (Lipinski definition) is 8. The first-order chi connectivity index (χ1) is 21.1. The molecular weight excluding hydrogens is 576 g/mol. The number of rotatable bonds is 10. The number of carbonyl (C=O) groups is 2. The number of phenolic OH excluding ortho intramolecular Hbond substituents is 1. The number of ether oxygens (including phenoxy) is 3. The van der Waals surface area contributed by atoms with Crippen LogP contribution in [0.5, 0.6) is 17.2 Å². The molecule has 0 amide bonds. The van der Waals surface area contributed by atoms with Gasteiger partial charge in [0.1, 0.15) is 41.7 Å². The zero-order chi connectivity index (χ0) is 31.7. The predicted octanol–water partition coefficient (Wildman–Crippen LogP) is -0.386. The molecule has 2 heterocycles. The molecule has 9 N–H and O–H groups in total. The molecule has 13 nitrogen and oxygen atoms in total. The molecule has 2 aliphatic heterocycles. The van der Waals surface area contributed by atoms with Crippen LogP contribution < -0.4 is 20.5 Å². The molecular formula is C31H36N2O11. The van der Waals surface area contributed by atoms with Crippen molar-refractivity contribution in [3.05, 3.63) is 76.0 Å². The van der Waals surface area contributed by atoms with Gasteiger partial charge >= 0.3 is 0 Å². The predicted molar refractivity (Wildman–Crippen MR) is 154 cm³/mol. The average Bonchev–Trinajstić information content (AvgIpc) is 3.01. The quantitative estimate of drug-likeness (QED) is 0.146. The highest BCUT2D eigenvalue weighted by atomic mass is 16.7. The topological polar surface area (TPSA) is 221 Å². The Morgan fingerprint density at radius 1 is 1.00 bits per heavy atom. The molecule has 2 aromatic rings. The summed E-state index contributed by atoms with van der Waals surface area (Å²) in [4.78, 5) is 27.8. The van der Waals surface area contributed by atoms with E-state index in [1.54, 1.807) is 12.3 Å². The second-order valence-corrected chi connectivity index (χ2v) is 11.0. The number of phenols is 1. The van der Waals surface area contributed by atoms with E-state index in [1.807, 2.05) is 12.2 Å². The van der Waals surface area contributed by atoms with Gasteiger partial charge in [-0.25, -0.2) is 0 Å². The van der Waals surface area contributed by atoms with E-state index in [1.165, 1.54) is 25.3 Å². The minimum Gasteiger partial charge on any atom is -0.507 e. The van der Waals surface area contributed by atoms with Gasteiger partial charge in [0, 0.05) is 30.0 Å². The Labute approximate surface area is 252 Å². The van der Waals surface area contributed by atoms with Crippen molar-refractivity contribution in [1.82, 2.24) is 5.32 Å². The van der Waals surface area contributed by atoms with Gasteiger partial charge in [-0.05, 0) is 60.6 Å². The van der Waals surface area contributed by atoms with E-state index in [0.717, 1.165) is 5.57 Å². The van der Waals surface area contributed by atoms with Gasteiger partial charge in [-0.2, -0.15) is 0 Å². The largest absolute Gasteiger partial charge is 0.507 e. The SMILES string of the molecule is COc1cc(O[C@@H]2O[C@H](CO)[C@@H](O)[C@H](O)[C@H]2O)c2c(c1)C(=O)c1cc(C[C@H](CCCO)C3=CNC(N)C=C3)cc(O)c1C2=O. The summed E-state index contributed by atoms with van der Waals surface area (Å²) in [7, 11) is 1.34. The smallest absolute Gasteiger partial charge is 0.229 e. The van der Waals surface area contributed by atoms with E-state index >= 15 is 0 Å². The number of aliphatic hydroxyl groups is 5. The standard InChI is InChI=1S/C31H36N2O11/c1-42-17-10-19-25(21(11-17)43-31-30(41)29(40)27(38)22(13-35)44-31)28(39)24-18(26(19)37)8-14(9-20(24)36)7-15(3-2-6-34)16-4-5-23(32)33-12-16/h4-5,8-12,15,22-23,27,29-31,33-36,38,40-41H,2-3,6-7,13,32H2,1H3/t15-,22+,23?,27+,29-,30+,31+/m0/s1. The summed E-state index contributed by atoms with van der Waals surface area (Å²) >= 11 is 0. The van der Waals surface area contributed by atoms with Gasteiger partial charge in [-0.15, -0.1) is 0 Å². The van der Waals surface area contributed by atoms with Crippen LogP contribution in [0.25, 0.3) is 0 Å².